The van der Waals surface area contributed by atoms with Gasteiger partial charge < -0.3 is 21.0 Å². The molecule has 9 nitrogen and oxygen atoms in total. The van der Waals surface area contributed by atoms with E-state index in [1.165, 1.54) is 6.33 Å². The first-order chi connectivity index (χ1) is 13.5. The molecule has 0 bridgehead atoms. The minimum atomic E-state index is -0.536. The Morgan fingerprint density at radius 1 is 1.07 bits per heavy atom. The van der Waals surface area contributed by atoms with E-state index in [0.29, 0.717) is 11.4 Å². The third-order valence-electron chi connectivity index (χ3n) is 4.21. The molecule has 9 heteroatoms. The summed E-state index contributed by atoms with van der Waals surface area (Å²) in [6, 6.07) is 12.6. The molecule has 0 fully saturated rings. The number of hydrogen-bond acceptors (Lipinski definition) is 5. The van der Waals surface area contributed by atoms with Crippen LogP contribution in [0.15, 0.2) is 48.8 Å². The van der Waals surface area contributed by atoms with E-state index in [1.54, 1.807) is 18.2 Å². The first kappa shape index (κ1) is 17.3. The Morgan fingerprint density at radius 2 is 1.89 bits per heavy atom. The van der Waals surface area contributed by atoms with Crippen molar-refractivity contribution in [3.8, 4) is 0 Å². The van der Waals surface area contributed by atoms with Gasteiger partial charge in [-0.05, 0) is 36.8 Å². The number of nitrogens with two attached hydrogens (primary N) is 1. The fraction of sp³-hybridized carbons (Fsp3) is 0.0526. The topological polar surface area (TPSA) is 142 Å². The third kappa shape index (κ3) is 3.28. The fourth-order valence-corrected chi connectivity index (χ4v) is 2.78. The summed E-state index contributed by atoms with van der Waals surface area (Å²) in [7, 11) is 0. The van der Waals surface area contributed by atoms with Crippen molar-refractivity contribution in [3.05, 3.63) is 65.7 Å². The molecule has 28 heavy (non-hydrogen) atoms. The van der Waals surface area contributed by atoms with Gasteiger partial charge in [-0.25, -0.2) is 9.97 Å². The number of nitrogens with one attached hydrogen (secondary N) is 4. The standard InChI is InChI=1S/C19H17N7O2/c1-10-6-7-11(20)8-14(10)23-17(27)15-16(22-9-21-15)18(28)26-19-24-12-4-2-3-5-13(12)25-19/h2-9H,20H2,1H3,(H,21,22)(H,23,27)(H2,24,25,26,28). The summed E-state index contributed by atoms with van der Waals surface area (Å²) in [5, 5.41) is 5.37. The zero-order valence-corrected chi connectivity index (χ0v) is 14.9. The molecule has 0 unspecified atom stereocenters. The summed E-state index contributed by atoms with van der Waals surface area (Å²) >= 11 is 0. The van der Waals surface area contributed by atoms with Gasteiger partial charge in [0.25, 0.3) is 11.8 Å². The van der Waals surface area contributed by atoms with Gasteiger partial charge in [-0.15, -0.1) is 0 Å². The number of carbonyl (C=O) groups is 2. The molecule has 0 saturated heterocycles. The summed E-state index contributed by atoms with van der Waals surface area (Å²) in [6.45, 7) is 1.84. The van der Waals surface area contributed by atoms with Crippen molar-refractivity contribution in [1.29, 1.82) is 0 Å². The number of amides is 2. The van der Waals surface area contributed by atoms with Crippen LogP contribution in [0, 0.1) is 6.92 Å². The molecule has 0 aliphatic rings. The number of benzene rings is 2. The molecule has 0 saturated carbocycles. The van der Waals surface area contributed by atoms with Gasteiger partial charge in [0, 0.05) is 11.4 Å². The number of aryl methyl sites for hydroxylation is 1. The normalized spacial score (nSPS) is 10.8. The molecule has 4 rings (SSSR count). The monoisotopic (exact) mass is 375 g/mol. The maximum atomic E-state index is 12.6. The van der Waals surface area contributed by atoms with Gasteiger partial charge >= 0.3 is 0 Å². The van der Waals surface area contributed by atoms with Crippen LogP contribution in [0.3, 0.4) is 0 Å². The van der Waals surface area contributed by atoms with Crippen LogP contribution in [0.5, 0.6) is 0 Å². The number of imidazole rings is 2. The van der Waals surface area contributed by atoms with E-state index in [9.17, 15) is 9.59 Å². The van der Waals surface area contributed by atoms with Crippen LogP contribution in [-0.2, 0) is 0 Å². The second-order valence-corrected chi connectivity index (χ2v) is 6.21. The number of aromatic amines is 2. The number of rotatable bonds is 4. The van der Waals surface area contributed by atoms with E-state index >= 15 is 0 Å². The highest BCUT2D eigenvalue weighted by molar-refractivity contribution is 6.13. The second-order valence-electron chi connectivity index (χ2n) is 6.21. The fourth-order valence-electron chi connectivity index (χ4n) is 2.78. The van der Waals surface area contributed by atoms with Gasteiger partial charge in [0.15, 0.2) is 5.69 Å². The molecule has 0 spiro atoms. The average molecular weight is 375 g/mol. The number of aromatic nitrogens is 4. The first-order valence-electron chi connectivity index (χ1n) is 8.48. The SMILES string of the molecule is Cc1ccc(N)cc1NC(=O)c1nc[nH]c1C(=O)Nc1nc2ccccc2[nH]1. The minimum Gasteiger partial charge on any atom is -0.399 e. The van der Waals surface area contributed by atoms with Gasteiger partial charge in [-0.3, -0.25) is 14.9 Å². The average Bonchev–Trinajstić information content (AvgIpc) is 3.31. The molecule has 2 amide bonds. The van der Waals surface area contributed by atoms with Gasteiger partial charge in [-0.2, -0.15) is 0 Å². The van der Waals surface area contributed by atoms with Crippen molar-refractivity contribution >= 4 is 40.2 Å². The van der Waals surface area contributed by atoms with Gasteiger partial charge in [0.1, 0.15) is 5.69 Å². The molecule has 2 aromatic heterocycles. The van der Waals surface area contributed by atoms with E-state index in [1.807, 2.05) is 31.2 Å². The lowest BCUT2D eigenvalue weighted by atomic mass is 10.1. The van der Waals surface area contributed by atoms with Crippen molar-refractivity contribution in [1.82, 2.24) is 19.9 Å². The largest absolute Gasteiger partial charge is 0.399 e. The van der Waals surface area contributed by atoms with Crippen LogP contribution >= 0.6 is 0 Å². The zero-order valence-electron chi connectivity index (χ0n) is 14.9. The number of nitrogens with zero attached hydrogens (tertiary/aromatic N) is 2. The third-order valence-corrected chi connectivity index (χ3v) is 4.21. The second kappa shape index (κ2) is 6.88. The quantitative estimate of drug-likeness (QED) is 0.349. The molecular weight excluding hydrogens is 358 g/mol. The van der Waals surface area contributed by atoms with Crippen LogP contribution in [0.1, 0.15) is 26.5 Å². The molecule has 6 N–H and O–H groups in total. The maximum absolute atomic E-state index is 12.6. The van der Waals surface area contributed by atoms with E-state index in [0.717, 1.165) is 16.6 Å². The first-order valence-corrected chi connectivity index (χ1v) is 8.48. The van der Waals surface area contributed by atoms with Crippen molar-refractivity contribution < 1.29 is 9.59 Å². The summed E-state index contributed by atoms with van der Waals surface area (Å²) in [4.78, 5) is 39.2. The molecular formula is C19H17N7O2. The Labute approximate surface area is 159 Å². The van der Waals surface area contributed by atoms with Crippen molar-refractivity contribution in [3.63, 3.8) is 0 Å². The molecule has 0 aliphatic carbocycles. The van der Waals surface area contributed by atoms with E-state index < -0.39 is 11.8 Å². The lowest BCUT2D eigenvalue weighted by molar-refractivity contribution is 0.0985. The van der Waals surface area contributed by atoms with E-state index in [4.69, 9.17) is 5.73 Å². The Morgan fingerprint density at radius 3 is 2.71 bits per heavy atom. The highest BCUT2D eigenvalue weighted by Crippen LogP contribution is 2.20. The van der Waals surface area contributed by atoms with Gasteiger partial charge in [0.2, 0.25) is 5.95 Å². The predicted molar refractivity (Wildman–Crippen MR) is 106 cm³/mol. The van der Waals surface area contributed by atoms with Crippen LogP contribution in [0.25, 0.3) is 11.0 Å². The molecule has 2 heterocycles. The van der Waals surface area contributed by atoms with Crippen molar-refractivity contribution in [2.45, 2.75) is 6.92 Å². The molecule has 0 atom stereocenters. The zero-order chi connectivity index (χ0) is 19.7. The molecule has 4 aromatic rings. The number of fused-ring (bicyclic) bond motifs is 1. The Bertz CT molecular complexity index is 1160. The highest BCUT2D eigenvalue weighted by Gasteiger charge is 2.22. The highest BCUT2D eigenvalue weighted by atomic mass is 16.2. The van der Waals surface area contributed by atoms with Crippen LogP contribution in [0.2, 0.25) is 0 Å². The number of anilines is 3. The van der Waals surface area contributed by atoms with Crippen LogP contribution in [-0.4, -0.2) is 31.8 Å². The Kier molecular flexibility index (Phi) is 4.24. The smallest absolute Gasteiger partial charge is 0.276 e. The number of nitrogen functional groups attached to an aromatic ring is 1. The Balaban J connectivity index is 1.55. The van der Waals surface area contributed by atoms with Crippen molar-refractivity contribution in [2.24, 2.45) is 0 Å². The van der Waals surface area contributed by atoms with Crippen molar-refractivity contribution in [2.75, 3.05) is 16.4 Å². The lowest BCUT2D eigenvalue weighted by Crippen LogP contribution is -2.21. The van der Waals surface area contributed by atoms with E-state index in [2.05, 4.69) is 30.6 Å². The van der Waals surface area contributed by atoms with E-state index in [-0.39, 0.29) is 17.3 Å². The lowest BCUT2D eigenvalue weighted by Gasteiger charge is -2.09. The summed E-state index contributed by atoms with van der Waals surface area (Å²) in [5.74, 6) is -0.783. The summed E-state index contributed by atoms with van der Waals surface area (Å²) < 4.78 is 0. The number of para-hydroxylation sites is 2. The number of hydrogen-bond donors (Lipinski definition) is 5. The van der Waals surface area contributed by atoms with Crippen LogP contribution in [0.4, 0.5) is 17.3 Å². The Hall–Kier alpha value is -4.14. The molecule has 140 valence electrons. The minimum absolute atomic E-state index is 0.0273. The van der Waals surface area contributed by atoms with Crippen LogP contribution < -0.4 is 16.4 Å². The van der Waals surface area contributed by atoms with Gasteiger partial charge in [-0.1, -0.05) is 18.2 Å². The number of H-pyrrole nitrogens is 2. The summed E-state index contributed by atoms with van der Waals surface area (Å²) in [6.07, 6.45) is 1.29. The van der Waals surface area contributed by atoms with Gasteiger partial charge in [0.05, 0.1) is 17.4 Å². The molecule has 0 aliphatic heterocycles. The summed E-state index contributed by atoms with van der Waals surface area (Å²) in [5.41, 5.74) is 9.19. The maximum Gasteiger partial charge on any atom is 0.276 e. The molecule has 0 radical (unpaired) electrons. The number of carbonyl (C=O) groups excluding carboxylic acids is 2. The predicted octanol–water partition coefficient (Wildman–Crippen LogP) is 2.68. The molecule has 2 aromatic carbocycles.